The van der Waals surface area contributed by atoms with Crippen molar-refractivity contribution in [2.45, 2.75) is 46.2 Å². The molecule has 7 heteroatoms. The Morgan fingerprint density at radius 2 is 1.63 bits per heavy atom. The maximum atomic E-state index is 12.8. The molecule has 0 N–H and O–H groups in total. The Balaban J connectivity index is 1.89. The van der Waals surface area contributed by atoms with E-state index < -0.39 is 37.1 Å². The topological polar surface area (TPSA) is 31.2 Å². The number of pyridine rings is 1. The Hall–Kier alpha value is -1.44. The van der Waals surface area contributed by atoms with E-state index in [1.807, 2.05) is 0 Å². The number of nitrogens with zero attached hydrogens (tertiary/aromatic N) is 1. The predicted octanol–water partition coefficient (Wildman–Crippen LogP) is 5.28. The van der Waals surface area contributed by atoms with Gasteiger partial charge in [-0.15, -0.1) is 0 Å². The summed E-state index contributed by atoms with van der Waals surface area (Å²) in [5.41, 5.74) is -0.995. The molecule has 1 aromatic carbocycles. The van der Waals surface area contributed by atoms with Gasteiger partial charge in [0, 0.05) is 12.3 Å². The second kappa shape index (κ2) is 10.2. The molecule has 0 amide bonds. The van der Waals surface area contributed by atoms with Crippen molar-refractivity contribution in [2.75, 3.05) is 6.61 Å². The first kappa shape index (κ1) is 21.9. The number of halogens is 3. The molecule has 0 bridgehead atoms. The van der Waals surface area contributed by atoms with E-state index in [0.717, 1.165) is 35.7 Å². The number of hydrogen-bond acceptors (Lipinski definition) is 2. The van der Waals surface area contributed by atoms with Gasteiger partial charge in [-0.05, 0) is 6.07 Å². The average Bonchev–Trinajstić information content (AvgIpc) is 2.61. The monoisotopic (exact) mass is 489 g/mol. The Bertz CT molecular complexity index is 770. The van der Waals surface area contributed by atoms with Crippen LogP contribution >= 0.6 is 0 Å². The Morgan fingerprint density at radius 1 is 0.963 bits per heavy atom. The summed E-state index contributed by atoms with van der Waals surface area (Å²) in [6, 6.07) is 8.25. The molecule has 0 aliphatic rings. The fraction of sp³-hybridized carbons (Fsp3) is 0.450. The van der Waals surface area contributed by atoms with E-state index in [4.69, 9.17) is 4.74 Å². The summed E-state index contributed by atoms with van der Waals surface area (Å²) in [6.07, 6.45) is 1.04. The summed E-state index contributed by atoms with van der Waals surface area (Å²) in [5.74, 6) is 0.650. The first-order valence-electron chi connectivity index (χ1n) is 9.30. The second-order valence-corrected chi connectivity index (χ2v) is 16.7. The van der Waals surface area contributed by atoms with Crippen LogP contribution in [0, 0.1) is 0 Å². The van der Waals surface area contributed by atoms with Crippen LogP contribution in [0.4, 0.5) is 13.2 Å². The Labute approximate surface area is 164 Å². The van der Waals surface area contributed by atoms with Gasteiger partial charge in [-0.25, -0.2) is 0 Å². The molecule has 1 aromatic heterocycles. The van der Waals surface area contributed by atoms with Crippen molar-refractivity contribution in [1.82, 2.24) is 4.57 Å². The molecule has 0 fully saturated rings. The van der Waals surface area contributed by atoms with Crippen LogP contribution in [-0.2, 0) is 6.18 Å². The van der Waals surface area contributed by atoms with E-state index in [-0.39, 0.29) is 0 Å². The minimum atomic E-state index is -4.49. The molecular formula is C20H26F3NO2Sn. The molecule has 2 aromatic rings. The summed E-state index contributed by atoms with van der Waals surface area (Å²) < 4.78 is 46.6. The molecule has 0 saturated carbocycles. The fourth-order valence-corrected chi connectivity index (χ4v) is 5.91. The van der Waals surface area contributed by atoms with Crippen LogP contribution in [0.3, 0.4) is 0 Å². The third-order valence-corrected chi connectivity index (χ3v) is 8.76. The van der Waals surface area contributed by atoms with Crippen LogP contribution in [0.1, 0.15) is 31.2 Å². The van der Waals surface area contributed by atoms with Crippen LogP contribution in [0.2, 0.25) is 14.3 Å². The van der Waals surface area contributed by atoms with Gasteiger partial charge in [-0.3, -0.25) is 4.79 Å². The molecule has 0 atom stereocenters. The summed E-state index contributed by atoms with van der Waals surface area (Å²) in [6.45, 7) is 0.619. The molecule has 0 spiro atoms. The van der Waals surface area contributed by atoms with Gasteiger partial charge in [0.25, 0.3) is 5.56 Å². The van der Waals surface area contributed by atoms with Crippen molar-refractivity contribution in [3.63, 3.8) is 0 Å². The zero-order chi connectivity index (χ0) is 19.9. The number of alkyl halides is 3. The molecule has 148 valence electrons. The normalized spacial score (nSPS) is 11.8. The van der Waals surface area contributed by atoms with Gasteiger partial charge in [0.1, 0.15) is 0 Å². The fourth-order valence-electron chi connectivity index (χ4n) is 2.76. The van der Waals surface area contributed by atoms with Crippen molar-refractivity contribution in [3.8, 4) is 11.4 Å². The van der Waals surface area contributed by atoms with Crippen molar-refractivity contribution >= 4 is 19.8 Å². The van der Waals surface area contributed by atoms with E-state index >= 15 is 0 Å². The third kappa shape index (κ3) is 7.24. The number of rotatable bonds is 9. The van der Waals surface area contributed by atoms with Gasteiger partial charge in [0.05, 0.1) is 5.56 Å². The third-order valence-electron chi connectivity index (χ3n) is 4.30. The molecule has 0 unspecified atom stereocenters. The van der Waals surface area contributed by atoms with Gasteiger partial charge in [0.2, 0.25) is 0 Å². The first-order chi connectivity index (χ1) is 12.8. The minimum absolute atomic E-state index is 0.374. The molecule has 0 radical (unpaired) electrons. The van der Waals surface area contributed by atoms with Crippen LogP contribution in [0.15, 0.2) is 47.4 Å². The molecule has 27 heavy (non-hydrogen) atoms. The Kier molecular flexibility index (Phi) is 8.25. The van der Waals surface area contributed by atoms with Crippen LogP contribution in [-0.4, -0.2) is 30.9 Å². The number of ether oxygens (including phenoxy) is 1. The summed E-state index contributed by atoms with van der Waals surface area (Å²) >= 11 is -1.05. The van der Waals surface area contributed by atoms with Gasteiger partial charge in [-0.1, -0.05) is 0 Å². The number of hydrogen-bond donors (Lipinski definition) is 0. The number of benzene rings is 1. The molecule has 0 saturated heterocycles. The second-order valence-electron chi connectivity index (χ2n) is 7.06. The van der Waals surface area contributed by atoms with Gasteiger partial charge in [-0.2, -0.15) is 13.2 Å². The van der Waals surface area contributed by atoms with Crippen LogP contribution in [0.5, 0.6) is 5.75 Å². The number of unbranched alkanes of at least 4 members (excludes halogenated alkanes) is 3. The van der Waals surface area contributed by atoms with E-state index in [2.05, 4.69) is 9.88 Å². The van der Waals surface area contributed by atoms with Gasteiger partial charge < -0.3 is 0 Å². The molecule has 0 aliphatic carbocycles. The van der Waals surface area contributed by atoms with E-state index in [1.165, 1.54) is 17.3 Å². The SMILES string of the molecule is [CH3][SnH]([CH3])[CH2]CCCCCOc1ccc(-n2cc(C(F)(F)F)ccc2=O)cc1. The van der Waals surface area contributed by atoms with E-state index in [9.17, 15) is 18.0 Å². The summed E-state index contributed by atoms with van der Waals surface area (Å²) in [7, 11) is 0. The van der Waals surface area contributed by atoms with Crippen molar-refractivity contribution in [1.29, 1.82) is 0 Å². The van der Waals surface area contributed by atoms with E-state index in [0.29, 0.717) is 18.0 Å². The molecule has 0 aliphatic heterocycles. The zero-order valence-corrected chi connectivity index (χ0v) is 19.1. The van der Waals surface area contributed by atoms with Gasteiger partial charge in [0.15, 0.2) is 0 Å². The average molecular weight is 488 g/mol. The molecular weight excluding hydrogens is 462 g/mol. The number of aromatic nitrogens is 1. The first-order valence-corrected chi connectivity index (χ1v) is 18.2. The standard InChI is InChI=1S/C18H19F3NO2.2CH3.Sn.H/c1-2-3-4-5-12-24-16-9-7-15(8-10-16)22-13-14(18(19,20)21)6-11-17(22)23;;;;/h6-11,13H,1-5,12H2;2*1H3;;. The molecule has 1 heterocycles. The zero-order valence-electron chi connectivity index (χ0n) is 15.8. The molecule has 2 rings (SSSR count). The van der Waals surface area contributed by atoms with Crippen LogP contribution < -0.4 is 10.3 Å². The summed E-state index contributed by atoms with van der Waals surface area (Å²) in [4.78, 5) is 16.8. The predicted molar refractivity (Wildman–Crippen MR) is 105 cm³/mol. The quantitative estimate of drug-likeness (QED) is 0.356. The molecule has 3 nitrogen and oxygen atoms in total. The van der Waals surface area contributed by atoms with Gasteiger partial charge >= 0.3 is 118 Å². The maximum absolute atomic E-state index is 12.8. The van der Waals surface area contributed by atoms with Crippen molar-refractivity contribution < 1.29 is 17.9 Å². The van der Waals surface area contributed by atoms with Crippen molar-refractivity contribution in [3.05, 3.63) is 58.5 Å². The Morgan fingerprint density at radius 3 is 2.26 bits per heavy atom. The van der Waals surface area contributed by atoms with E-state index in [1.54, 1.807) is 24.3 Å². The van der Waals surface area contributed by atoms with Crippen molar-refractivity contribution in [2.24, 2.45) is 0 Å². The summed E-state index contributed by atoms with van der Waals surface area (Å²) in [5, 5.41) is 0. The van der Waals surface area contributed by atoms with Crippen LogP contribution in [0.25, 0.3) is 5.69 Å².